The summed E-state index contributed by atoms with van der Waals surface area (Å²) >= 11 is 0. The van der Waals surface area contributed by atoms with Crippen LogP contribution >= 0.6 is 0 Å². The molecule has 0 saturated heterocycles. The molecular formula is C12H9F3N2O2. The van der Waals surface area contributed by atoms with Crippen LogP contribution in [0.2, 0.25) is 0 Å². The van der Waals surface area contributed by atoms with Crippen molar-refractivity contribution in [1.82, 2.24) is 4.57 Å². The van der Waals surface area contributed by atoms with Gasteiger partial charge in [0.05, 0.1) is 5.56 Å². The van der Waals surface area contributed by atoms with Crippen LogP contribution in [0.1, 0.15) is 16.1 Å². The van der Waals surface area contributed by atoms with Gasteiger partial charge in [-0.25, -0.2) is 0 Å². The van der Waals surface area contributed by atoms with Gasteiger partial charge in [0.2, 0.25) is 0 Å². The van der Waals surface area contributed by atoms with Crippen molar-refractivity contribution < 1.29 is 18.0 Å². The van der Waals surface area contributed by atoms with E-state index in [1.807, 2.05) is 0 Å². The fourth-order valence-corrected chi connectivity index (χ4v) is 1.81. The van der Waals surface area contributed by atoms with Crippen LogP contribution in [0.5, 0.6) is 0 Å². The topological polar surface area (TPSA) is 65.1 Å². The summed E-state index contributed by atoms with van der Waals surface area (Å²) in [6, 6.07) is 4.06. The molecule has 0 bridgehead atoms. The van der Waals surface area contributed by atoms with Crippen molar-refractivity contribution in [2.75, 3.05) is 0 Å². The molecule has 1 heterocycles. The summed E-state index contributed by atoms with van der Waals surface area (Å²) in [6.45, 7) is 0. The summed E-state index contributed by atoms with van der Waals surface area (Å²) in [4.78, 5) is 23.0. The van der Waals surface area contributed by atoms with Gasteiger partial charge >= 0.3 is 6.18 Å². The van der Waals surface area contributed by atoms with Crippen LogP contribution < -0.4 is 11.3 Å². The predicted octanol–water partition coefficient (Wildman–Crippen LogP) is 1.66. The average molecular weight is 270 g/mol. The molecule has 0 radical (unpaired) electrons. The SMILES string of the molecule is Cn1c(C(N)=O)cc2ccc(C(F)(F)F)cc2c1=O. The molecule has 0 unspecified atom stereocenters. The molecule has 0 fully saturated rings. The minimum atomic E-state index is -4.53. The lowest BCUT2D eigenvalue weighted by molar-refractivity contribution is -0.137. The van der Waals surface area contributed by atoms with Crippen LogP contribution in [0, 0.1) is 0 Å². The van der Waals surface area contributed by atoms with E-state index < -0.39 is 23.2 Å². The fraction of sp³-hybridized carbons (Fsp3) is 0.167. The summed E-state index contributed by atoms with van der Waals surface area (Å²) in [6.07, 6.45) is -4.53. The number of halogens is 3. The normalized spacial score (nSPS) is 11.8. The third-order valence-corrected chi connectivity index (χ3v) is 2.82. The molecule has 0 spiro atoms. The molecule has 2 aromatic rings. The predicted molar refractivity (Wildman–Crippen MR) is 62.7 cm³/mol. The van der Waals surface area contributed by atoms with Gasteiger partial charge in [-0.3, -0.25) is 9.59 Å². The van der Waals surface area contributed by atoms with E-state index in [0.717, 1.165) is 22.8 Å². The highest BCUT2D eigenvalue weighted by molar-refractivity contribution is 5.95. The van der Waals surface area contributed by atoms with Crippen molar-refractivity contribution in [3.8, 4) is 0 Å². The maximum atomic E-state index is 12.6. The Hall–Kier alpha value is -2.31. The van der Waals surface area contributed by atoms with E-state index in [0.29, 0.717) is 0 Å². The van der Waals surface area contributed by atoms with Crippen molar-refractivity contribution in [3.63, 3.8) is 0 Å². The number of nitrogens with zero attached hydrogens (tertiary/aromatic N) is 1. The number of hydrogen-bond donors (Lipinski definition) is 1. The number of nitrogens with two attached hydrogens (primary N) is 1. The van der Waals surface area contributed by atoms with Crippen molar-refractivity contribution in [3.05, 3.63) is 45.9 Å². The molecule has 1 aromatic heterocycles. The first-order chi connectivity index (χ1) is 8.71. The Morgan fingerprint density at radius 2 is 1.89 bits per heavy atom. The van der Waals surface area contributed by atoms with E-state index in [1.54, 1.807) is 0 Å². The maximum absolute atomic E-state index is 12.6. The Bertz CT molecular complexity index is 732. The lowest BCUT2D eigenvalue weighted by atomic mass is 10.1. The molecule has 2 N–H and O–H groups in total. The van der Waals surface area contributed by atoms with Crippen LogP contribution in [0.15, 0.2) is 29.1 Å². The summed E-state index contributed by atoms with van der Waals surface area (Å²) in [5.74, 6) is -0.818. The Balaban J connectivity index is 2.83. The first-order valence-corrected chi connectivity index (χ1v) is 5.22. The van der Waals surface area contributed by atoms with E-state index in [-0.39, 0.29) is 16.5 Å². The van der Waals surface area contributed by atoms with Crippen LogP contribution in [0.3, 0.4) is 0 Å². The standard InChI is InChI=1S/C12H9F3N2O2/c1-17-9(10(16)18)4-6-2-3-7(12(13,14)15)5-8(6)11(17)19/h2-5H,1H3,(H2,16,18). The first kappa shape index (κ1) is 13.1. The van der Waals surface area contributed by atoms with Gasteiger partial charge in [0.15, 0.2) is 0 Å². The monoisotopic (exact) mass is 270 g/mol. The number of carbonyl (C=O) groups excluding carboxylic acids is 1. The second-order valence-corrected chi connectivity index (χ2v) is 4.06. The van der Waals surface area contributed by atoms with Gasteiger partial charge in [-0.1, -0.05) is 6.07 Å². The van der Waals surface area contributed by atoms with Crippen LogP contribution in [-0.4, -0.2) is 10.5 Å². The fourth-order valence-electron chi connectivity index (χ4n) is 1.81. The molecular weight excluding hydrogens is 261 g/mol. The lowest BCUT2D eigenvalue weighted by Gasteiger charge is -2.10. The number of alkyl halides is 3. The molecule has 4 nitrogen and oxygen atoms in total. The van der Waals surface area contributed by atoms with Gasteiger partial charge in [0, 0.05) is 12.4 Å². The molecule has 0 aliphatic carbocycles. The molecule has 1 amide bonds. The summed E-state index contributed by atoms with van der Waals surface area (Å²) in [5.41, 5.74) is 3.43. The van der Waals surface area contributed by atoms with E-state index in [4.69, 9.17) is 5.73 Å². The molecule has 0 atom stereocenters. The van der Waals surface area contributed by atoms with Crippen molar-refractivity contribution in [2.45, 2.75) is 6.18 Å². The maximum Gasteiger partial charge on any atom is 0.416 e. The molecule has 2 rings (SSSR count). The zero-order valence-electron chi connectivity index (χ0n) is 9.78. The highest BCUT2D eigenvalue weighted by Crippen LogP contribution is 2.30. The molecule has 0 aliphatic rings. The minimum absolute atomic E-state index is 0.0581. The van der Waals surface area contributed by atoms with E-state index in [1.165, 1.54) is 13.1 Å². The number of carbonyl (C=O) groups is 1. The Kier molecular flexibility index (Phi) is 2.84. The van der Waals surface area contributed by atoms with E-state index >= 15 is 0 Å². The quantitative estimate of drug-likeness (QED) is 0.856. The van der Waals surface area contributed by atoms with Gasteiger partial charge in [-0.05, 0) is 23.6 Å². The van der Waals surface area contributed by atoms with Gasteiger partial charge in [0.1, 0.15) is 5.69 Å². The van der Waals surface area contributed by atoms with E-state index in [9.17, 15) is 22.8 Å². The summed E-state index contributed by atoms with van der Waals surface area (Å²) < 4.78 is 38.7. The van der Waals surface area contributed by atoms with Crippen molar-refractivity contribution in [2.24, 2.45) is 12.8 Å². The Morgan fingerprint density at radius 1 is 1.26 bits per heavy atom. The first-order valence-electron chi connectivity index (χ1n) is 5.22. The van der Waals surface area contributed by atoms with Gasteiger partial charge in [0.25, 0.3) is 11.5 Å². The third kappa shape index (κ3) is 2.18. The zero-order valence-corrected chi connectivity index (χ0v) is 9.78. The molecule has 100 valence electrons. The zero-order chi connectivity index (χ0) is 14.4. The molecule has 0 saturated carbocycles. The molecule has 19 heavy (non-hydrogen) atoms. The van der Waals surface area contributed by atoms with Crippen LogP contribution in [0.4, 0.5) is 13.2 Å². The smallest absolute Gasteiger partial charge is 0.364 e. The number of primary amides is 1. The summed E-state index contributed by atoms with van der Waals surface area (Å²) in [5, 5.41) is 0.132. The van der Waals surface area contributed by atoms with Gasteiger partial charge in [-0.2, -0.15) is 13.2 Å². The highest BCUT2D eigenvalue weighted by Gasteiger charge is 2.30. The van der Waals surface area contributed by atoms with E-state index in [2.05, 4.69) is 0 Å². The number of amides is 1. The van der Waals surface area contributed by atoms with Crippen molar-refractivity contribution in [1.29, 1.82) is 0 Å². The molecule has 0 aliphatic heterocycles. The average Bonchev–Trinajstić information content (AvgIpc) is 2.31. The van der Waals surface area contributed by atoms with Gasteiger partial charge < -0.3 is 10.3 Å². The molecule has 7 heteroatoms. The number of hydrogen-bond acceptors (Lipinski definition) is 2. The second-order valence-electron chi connectivity index (χ2n) is 4.06. The number of pyridine rings is 1. The summed E-state index contributed by atoms with van der Waals surface area (Å²) in [7, 11) is 1.28. The third-order valence-electron chi connectivity index (χ3n) is 2.82. The second kappa shape index (κ2) is 4.11. The number of benzene rings is 1. The minimum Gasteiger partial charge on any atom is -0.364 e. The van der Waals surface area contributed by atoms with Gasteiger partial charge in [-0.15, -0.1) is 0 Å². The Morgan fingerprint density at radius 3 is 2.42 bits per heavy atom. The largest absolute Gasteiger partial charge is 0.416 e. The molecule has 1 aromatic carbocycles. The number of rotatable bonds is 1. The number of aromatic nitrogens is 1. The number of fused-ring (bicyclic) bond motifs is 1. The highest BCUT2D eigenvalue weighted by atomic mass is 19.4. The van der Waals surface area contributed by atoms with Crippen molar-refractivity contribution >= 4 is 16.7 Å². The van der Waals surface area contributed by atoms with Crippen LogP contribution in [-0.2, 0) is 13.2 Å². The lowest BCUT2D eigenvalue weighted by Crippen LogP contribution is -2.26. The Labute approximate surface area is 105 Å². The van der Waals surface area contributed by atoms with Crippen LogP contribution in [0.25, 0.3) is 10.8 Å².